The van der Waals surface area contributed by atoms with E-state index in [0.717, 1.165) is 39.9 Å². The number of aldehydes is 1. The first-order valence-electron chi connectivity index (χ1n) is 7.02. The SMILES string of the molecule is COc1ccc(OC)c(Cc2[nH]c3ccccc3c2C=O)c1. The van der Waals surface area contributed by atoms with E-state index >= 15 is 0 Å². The molecule has 3 rings (SSSR count). The van der Waals surface area contributed by atoms with E-state index in [0.29, 0.717) is 12.0 Å². The zero-order valence-corrected chi connectivity index (χ0v) is 12.6. The molecule has 112 valence electrons. The average molecular weight is 295 g/mol. The first-order valence-corrected chi connectivity index (χ1v) is 7.02. The average Bonchev–Trinajstić information content (AvgIpc) is 2.91. The summed E-state index contributed by atoms with van der Waals surface area (Å²) in [5.74, 6) is 1.54. The molecule has 2 aromatic carbocycles. The summed E-state index contributed by atoms with van der Waals surface area (Å²) in [6.45, 7) is 0. The first-order chi connectivity index (χ1) is 10.8. The van der Waals surface area contributed by atoms with Crippen molar-refractivity contribution in [2.24, 2.45) is 0 Å². The number of nitrogens with one attached hydrogen (secondary N) is 1. The van der Waals surface area contributed by atoms with Gasteiger partial charge in [0.05, 0.1) is 14.2 Å². The van der Waals surface area contributed by atoms with Crippen LogP contribution < -0.4 is 9.47 Å². The normalized spacial score (nSPS) is 10.6. The molecule has 22 heavy (non-hydrogen) atoms. The number of rotatable bonds is 5. The number of aromatic nitrogens is 1. The Kier molecular flexibility index (Phi) is 3.83. The highest BCUT2D eigenvalue weighted by Crippen LogP contribution is 2.29. The van der Waals surface area contributed by atoms with E-state index in [1.54, 1.807) is 14.2 Å². The second-order valence-corrected chi connectivity index (χ2v) is 5.04. The largest absolute Gasteiger partial charge is 0.497 e. The predicted molar refractivity (Wildman–Crippen MR) is 86.0 cm³/mol. The fraction of sp³-hybridized carbons (Fsp3) is 0.167. The van der Waals surface area contributed by atoms with Gasteiger partial charge in [-0.3, -0.25) is 4.79 Å². The molecule has 0 unspecified atom stereocenters. The van der Waals surface area contributed by atoms with Crippen LogP contribution >= 0.6 is 0 Å². The van der Waals surface area contributed by atoms with Crippen LogP contribution in [0.3, 0.4) is 0 Å². The van der Waals surface area contributed by atoms with E-state index in [9.17, 15) is 4.79 Å². The monoisotopic (exact) mass is 295 g/mol. The fourth-order valence-electron chi connectivity index (χ4n) is 2.70. The van der Waals surface area contributed by atoms with Gasteiger partial charge in [-0.25, -0.2) is 0 Å². The lowest BCUT2D eigenvalue weighted by molar-refractivity contribution is 0.112. The van der Waals surface area contributed by atoms with Crippen LogP contribution in [-0.4, -0.2) is 25.5 Å². The Balaban J connectivity index is 2.08. The number of benzene rings is 2. The molecule has 4 nitrogen and oxygen atoms in total. The van der Waals surface area contributed by atoms with Crippen molar-refractivity contribution in [2.75, 3.05) is 14.2 Å². The zero-order valence-electron chi connectivity index (χ0n) is 12.6. The minimum absolute atomic E-state index is 0.573. The van der Waals surface area contributed by atoms with Crippen molar-refractivity contribution in [2.45, 2.75) is 6.42 Å². The van der Waals surface area contributed by atoms with E-state index in [1.165, 1.54) is 0 Å². The summed E-state index contributed by atoms with van der Waals surface area (Å²) in [5.41, 5.74) is 3.50. The minimum Gasteiger partial charge on any atom is -0.497 e. The van der Waals surface area contributed by atoms with Gasteiger partial charge in [-0.15, -0.1) is 0 Å². The summed E-state index contributed by atoms with van der Waals surface area (Å²) in [5, 5.41) is 0.939. The van der Waals surface area contributed by atoms with Crippen molar-refractivity contribution in [1.82, 2.24) is 4.98 Å². The van der Waals surface area contributed by atoms with E-state index in [1.807, 2.05) is 42.5 Å². The van der Waals surface area contributed by atoms with Gasteiger partial charge < -0.3 is 14.5 Å². The number of carbonyl (C=O) groups excluding carboxylic acids is 1. The molecular formula is C18H17NO3. The summed E-state index contributed by atoms with van der Waals surface area (Å²) >= 11 is 0. The lowest BCUT2D eigenvalue weighted by Gasteiger charge is -2.10. The van der Waals surface area contributed by atoms with Crippen LogP contribution in [0.1, 0.15) is 21.6 Å². The summed E-state index contributed by atoms with van der Waals surface area (Å²) in [7, 11) is 3.27. The standard InChI is InChI=1S/C18H17NO3/c1-21-13-7-8-18(22-2)12(9-13)10-17-15(11-20)14-5-3-4-6-16(14)19-17/h3-9,11,19H,10H2,1-2H3. The van der Waals surface area contributed by atoms with Crippen molar-refractivity contribution < 1.29 is 14.3 Å². The van der Waals surface area contributed by atoms with E-state index in [4.69, 9.17) is 9.47 Å². The molecule has 1 aromatic heterocycles. The topological polar surface area (TPSA) is 51.3 Å². The molecular weight excluding hydrogens is 278 g/mol. The molecule has 0 amide bonds. The number of fused-ring (bicyclic) bond motifs is 1. The molecule has 1 heterocycles. The summed E-state index contributed by atoms with van der Waals surface area (Å²) < 4.78 is 10.7. The first kappa shape index (κ1) is 14.2. The van der Waals surface area contributed by atoms with Crippen LogP contribution in [-0.2, 0) is 6.42 Å². The highest BCUT2D eigenvalue weighted by atomic mass is 16.5. The molecule has 0 spiro atoms. The third-order valence-corrected chi connectivity index (χ3v) is 3.80. The quantitative estimate of drug-likeness (QED) is 0.732. The third kappa shape index (κ3) is 2.44. The summed E-state index contributed by atoms with van der Waals surface area (Å²) in [6.07, 6.45) is 1.48. The van der Waals surface area contributed by atoms with Gasteiger partial charge in [-0.05, 0) is 24.3 Å². The second-order valence-electron chi connectivity index (χ2n) is 5.04. The maximum atomic E-state index is 11.5. The number of hydrogen-bond acceptors (Lipinski definition) is 3. The lowest BCUT2D eigenvalue weighted by atomic mass is 10.0. The Morgan fingerprint density at radius 1 is 1.09 bits per heavy atom. The Morgan fingerprint density at radius 3 is 2.64 bits per heavy atom. The Hall–Kier alpha value is -2.75. The molecule has 0 aliphatic carbocycles. The highest BCUT2D eigenvalue weighted by molar-refractivity contribution is 5.99. The number of carbonyl (C=O) groups is 1. The molecule has 4 heteroatoms. The lowest BCUT2D eigenvalue weighted by Crippen LogP contribution is -1.97. The van der Waals surface area contributed by atoms with Gasteiger partial charge in [0.25, 0.3) is 0 Å². The smallest absolute Gasteiger partial charge is 0.152 e. The summed E-state index contributed by atoms with van der Waals surface area (Å²) in [4.78, 5) is 14.8. The van der Waals surface area contributed by atoms with Crippen molar-refractivity contribution in [1.29, 1.82) is 0 Å². The molecule has 0 fully saturated rings. The molecule has 3 aromatic rings. The number of ether oxygens (including phenoxy) is 2. The minimum atomic E-state index is 0.573. The molecule has 0 bridgehead atoms. The van der Waals surface area contributed by atoms with Crippen LogP contribution in [0.2, 0.25) is 0 Å². The van der Waals surface area contributed by atoms with Crippen molar-refractivity contribution in [3.63, 3.8) is 0 Å². The molecule has 0 radical (unpaired) electrons. The van der Waals surface area contributed by atoms with Crippen molar-refractivity contribution in [3.05, 3.63) is 59.3 Å². The van der Waals surface area contributed by atoms with Gasteiger partial charge in [-0.2, -0.15) is 0 Å². The van der Waals surface area contributed by atoms with Gasteiger partial charge in [0.1, 0.15) is 11.5 Å². The summed E-state index contributed by atoms with van der Waals surface area (Å²) in [6, 6.07) is 13.4. The predicted octanol–water partition coefficient (Wildman–Crippen LogP) is 3.59. The van der Waals surface area contributed by atoms with Gasteiger partial charge in [-0.1, -0.05) is 18.2 Å². The van der Waals surface area contributed by atoms with Crippen LogP contribution in [0.15, 0.2) is 42.5 Å². The van der Waals surface area contributed by atoms with E-state index in [2.05, 4.69) is 4.98 Å². The molecule has 0 atom stereocenters. The van der Waals surface area contributed by atoms with Gasteiger partial charge in [0.2, 0.25) is 0 Å². The fourth-order valence-corrected chi connectivity index (χ4v) is 2.70. The highest BCUT2D eigenvalue weighted by Gasteiger charge is 2.13. The van der Waals surface area contributed by atoms with Crippen molar-refractivity contribution in [3.8, 4) is 11.5 Å². The van der Waals surface area contributed by atoms with Gasteiger partial charge in [0, 0.05) is 34.1 Å². The third-order valence-electron chi connectivity index (χ3n) is 3.80. The van der Waals surface area contributed by atoms with Gasteiger partial charge >= 0.3 is 0 Å². The molecule has 0 aliphatic rings. The maximum Gasteiger partial charge on any atom is 0.152 e. The van der Waals surface area contributed by atoms with Crippen LogP contribution in [0.5, 0.6) is 11.5 Å². The van der Waals surface area contributed by atoms with Crippen LogP contribution in [0.4, 0.5) is 0 Å². The second kappa shape index (κ2) is 5.93. The molecule has 0 saturated heterocycles. The van der Waals surface area contributed by atoms with E-state index in [-0.39, 0.29) is 0 Å². The van der Waals surface area contributed by atoms with Gasteiger partial charge in [0.15, 0.2) is 6.29 Å². The number of aromatic amines is 1. The number of H-pyrrole nitrogens is 1. The number of para-hydroxylation sites is 1. The molecule has 0 saturated carbocycles. The Labute approximate surface area is 128 Å². The molecule has 0 aliphatic heterocycles. The van der Waals surface area contributed by atoms with Crippen molar-refractivity contribution >= 4 is 17.2 Å². The number of hydrogen-bond donors (Lipinski definition) is 1. The Morgan fingerprint density at radius 2 is 1.91 bits per heavy atom. The van der Waals surface area contributed by atoms with E-state index < -0.39 is 0 Å². The molecule has 1 N–H and O–H groups in total. The zero-order chi connectivity index (χ0) is 15.5. The van der Waals surface area contributed by atoms with Crippen LogP contribution in [0.25, 0.3) is 10.9 Å². The Bertz CT molecular complexity index is 820. The maximum absolute atomic E-state index is 11.5. The number of methoxy groups -OCH3 is 2. The van der Waals surface area contributed by atoms with Crippen LogP contribution in [0, 0.1) is 0 Å².